The van der Waals surface area contributed by atoms with Gasteiger partial charge in [0.05, 0.1) is 5.56 Å². The van der Waals surface area contributed by atoms with Crippen LogP contribution in [0.5, 0.6) is 0 Å². The average molecular weight is 329 g/mol. The maximum Gasteiger partial charge on any atom is 0.335 e. The largest absolute Gasteiger partial charge is 0.478 e. The number of nitrogens with zero attached hydrogens (tertiary/aromatic N) is 5. The van der Waals surface area contributed by atoms with Crippen molar-refractivity contribution >= 4 is 11.9 Å². The molecule has 0 saturated carbocycles. The molecule has 1 fully saturated rings. The Morgan fingerprint density at radius 2 is 2.12 bits per heavy atom. The van der Waals surface area contributed by atoms with Crippen molar-refractivity contribution in [3.63, 3.8) is 0 Å². The molecule has 2 heterocycles. The highest BCUT2D eigenvalue weighted by Gasteiger charge is 2.29. The van der Waals surface area contributed by atoms with Crippen molar-refractivity contribution in [1.82, 2.24) is 25.1 Å². The summed E-state index contributed by atoms with van der Waals surface area (Å²) < 4.78 is 1.60. The summed E-state index contributed by atoms with van der Waals surface area (Å²) in [5.74, 6) is -0.740. The van der Waals surface area contributed by atoms with Crippen molar-refractivity contribution in [3.8, 4) is 0 Å². The lowest BCUT2D eigenvalue weighted by Gasteiger charge is -2.17. The van der Waals surface area contributed by atoms with E-state index in [9.17, 15) is 14.7 Å². The van der Waals surface area contributed by atoms with Gasteiger partial charge < -0.3 is 10.0 Å². The van der Waals surface area contributed by atoms with Crippen LogP contribution >= 0.6 is 0 Å². The molecular weight excluding hydrogens is 310 g/mol. The van der Waals surface area contributed by atoms with E-state index in [0.717, 1.165) is 12.0 Å². The van der Waals surface area contributed by atoms with Crippen molar-refractivity contribution in [2.45, 2.75) is 31.7 Å². The Bertz CT molecular complexity index is 716. The number of benzene rings is 1. The Morgan fingerprint density at radius 1 is 1.29 bits per heavy atom. The number of likely N-dealkylation sites (tertiary alicyclic amines) is 1. The van der Waals surface area contributed by atoms with Gasteiger partial charge in [0.25, 0.3) is 0 Å². The lowest BCUT2D eigenvalue weighted by molar-refractivity contribution is -0.130. The first-order valence-electron chi connectivity index (χ1n) is 7.96. The third-order valence-corrected chi connectivity index (χ3v) is 4.34. The fraction of sp³-hybridized carbons (Fsp3) is 0.438. The van der Waals surface area contributed by atoms with E-state index in [2.05, 4.69) is 15.5 Å². The second kappa shape index (κ2) is 7.20. The molecule has 126 valence electrons. The van der Waals surface area contributed by atoms with E-state index in [4.69, 9.17) is 0 Å². The normalized spacial score (nSPS) is 17.2. The van der Waals surface area contributed by atoms with Gasteiger partial charge in [0.15, 0.2) is 0 Å². The van der Waals surface area contributed by atoms with E-state index in [-0.39, 0.29) is 11.8 Å². The molecule has 1 aromatic heterocycles. The van der Waals surface area contributed by atoms with Crippen molar-refractivity contribution in [2.75, 3.05) is 13.1 Å². The molecule has 0 bridgehead atoms. The summed E-state index contributed by atoms with van der Waals surface area (Å²) in [6.45, 7) is 1.86. The predicted molar refractivity (Wildman–Crippen MR) is 84.4 cm³/mol. The highest BCUT2D eigenvalue weighted by molar-refractivity contribution is 5.89. The van der Waals surface area contributed by atoms with Crippen LogP contribution in [0.2, 0.25) is 0 Å². The molecule has 1 saturated heterocycles. The van der Waals surface area contributed by atoms with Gasteiger partial charge in [-0.25, -0.2) is 9.48 Å². The van der Waals surface area contributed by atoms with E-state index < -0.39 is 5.97 Å². The number of aromatic nitrogens is 4. The van der Waals surface area contributed by atoms with Gasteiger partial charge >= 0.3 is 5.97 Å². The molecule has 8 heteroatoms. The van der Waals surface area contributed by atoms with Crippen molar-refractivity contribution in [1.29, 1.82) is 0 Å². The fourth-order valence-electron chi connectivity index (χ4n) is 3.12. The predicted octanol–water partition coefficient (Wildman–Crippen LogP) is 1.17. The monoisotopic (exact) mass is 329 g/mol. The number of hydrogen-bond acceptors (Lipinski definition) is 5. The van der Waals surface area contributed by atoms with Gasteiger partial charge in [0.1, 0.15) is 6.33 Å². The van der Waals surface area contributed by atoms with Gasteiger partial charge in [-0.2, -0.15) is 0 Å². The standard InChI is InChI=1S/C16H19N5O3/c22-15(6-3-8-21-11-17-18-19-21)20-9-7-12(10-20)13-4-1-2-5-14(13)16(23)24/h1-2,4-5,11-12H,3,6-10H2,(H,23,24)/t12-/m1/s1. The van der Waals surface area contributed by atoms with Gasteiger partial charge in [0.2, 0.25) is 5.91 Å². The minimum Gasteiger partial charge on any atom is -0.478 e. The van der Waals surface area contributed by atoms with E-state index in [0.29, 0.717) is 38.0 Å². The zero-order valence-electron chi connectivity index (χ0n) is 13.2. The molecule has 1 amide bonds. The third kappa shape index (κ3) is 3.58. The molecule has 1 aromatic carbocycles. The first-order chi connectivity index (χ1) is 11.6. The number of hydrogen-bond donors (Lipinski definition) is 1. The van der Waals surface area contributed by atoms with Crippen LogP contribution < -0.4 is 0 Å². The lowest BCUT2D eigenvalue weighted by atomic mass is 9.93. The highest BCUT2D eigenvalue weighted by Crippen LogP contribution is 2.30. The summed E-state index contributed by atoms with van der Waals surface area (Å²) in [5.41, 5.74) is 1.14. The molecule has 1 atom stereocenters. The number of carboxylic acids is 1. The van der Waals surface area contributed by atoms with Gasteiger partial charge in [-0.3, -0.25) is 4.79 Å². The van der Waals surface area contributed by atoms with E-state index >= 15 is 0 Å². The van der Waals surface area contributed by atoms with Crippen molar-refractivity contribution in [2.24, 2.45) is 0 Å². The quantitative estimate of drug-likeness (QED) is 0.853. The minimum absolute atomic E-state index is 0.0840. The van der Waals surface area contributed by atoms with E-state index in [1.807, 2.05) is 17.0 Å². The summed E-state index contributed by atoms with van der Waals surface area (Å²) in [6, 6.07) is 7.04. The molecule has 24 heavy (non-hydrogen) atoms. The van der Waals surface area contributed by atoms with E-state index in [1.165, 1.54) is 6.33 Å². The smallest absolute Gasteiger partial charge is 0.335 e. The molecule has 0 spiro atoms. The van der Waals surface area contributed by atoms with Crippen molar-refractivity contribution in [3.05, 3.63) is 41.7 Å². The SMILES string of the molecule is O=C(O)c1ccccc1[C@@H]1CCN(C(=O)CCCn2cnnn2)C1. The molecule has 0 radical (unpaired) electrons. The second-order valence-electron chi connectivity index (χ2n) is 5.89. The molecule has 0 aliphatic carbocycles. The summed E-state index contributed by atoms with van der Waals surface area (Å²) in [4.78, 5) is 25.5. The fourth-order valence-corrected chi connectivity index (χ4v) is 3.12. The highest BCUT2D eigenvalue weighted by atomic mass is 16.4. The van der Waals surface area contributed by atoms with Crippen LogP contribution in [-0.2, 0) is 11.3 Å². The Balaban J connectivity index is 1.55. The van der Waals surface area contributed by atoms with Crippen molar-refractivity contribution < 1.29 is 14.7 Å². The van der Waals surface area contributed by atoms with Crippen LogP contribution in [-0.4, -0.2) is 55.2 Å². The molecule has 1 aliphatic heterocycles. The summed E-state index contributed by atoms with van der Waals surface area (Å²) in [7, 11) is 0. The number of amides is 1. The zero-order chi connectivity index (χ0) is 16.9. The van der Waals surface area contributed by atoms with Gasteiger partial charge in [-0.05, 0) is 34.9 Å². The number of rotatable bonds is 6. The van der Waals surface area contributed by atoms with Crippen LogP contribution in [0.3, 0.4) is 0 Å². The first kappa shape index (κ1) is 16.1. The summed E-state index contributed by atoms with van der Waals surface area (Å²) >= 11 is 0. The minimum atomic E-state index is -0.920. The molecule has 8 nitrogen and oxygen atoms in total. The Morgan fingerprint density at radius 3 is 2.88 bits per heavy atom. The number of carbonyl (C=O) groups excluding carboxylic acids is 1. The molecule has 2 aromatic rings. The molecule has 1 N–H and O–H groups in total. The van der Waals surface area contributed by atoms with Gasteiger partial charge in [0, 0.05) is 32.0 Å². The van der Waals surface area contributed by atoms with Crippen LogP contribution in [0.1, 0.15) is 41.1 Å². The first-order valence-corrected chi connectivity index (χ1v) is 7.96. The lowest BCUT2D eigenvalue weighted by Crippen LogP contribution is -2.28. The Kier molecular flexibility index (Phi) is 4.83. The number of aromatic carboxylic acids is 1. The maximum atomic E-state index is 12.3. The van der Waals surface area contributed by atoms with Crippen LogP contribution in [0.4, 0.5) is 0 Å². The Labute approximate surface area is 139 Å². The number of tetrazole rings is 1. The summed E-state index contributed by atoms with van der Waals surface area (Å²) in [6.07, 6.45) is 3.44. The average Bonchev–Trinajstić information content (AvgIpc) is 3.26. The molecule has 1 aliphatic rings. The van der Waals surface area contributed by atoms with Crippen LogP contribution in [0.25, 0.3) is 0 Å². The van der Waals surface area contributed by atoms with Gasteiger partial charge in [-0.1, -0.05) is 18.2 Å². The maximum absolute atomic E-state index is 12.3. The number of carboxylic acid groups (broad SMARTS) is 1. The van der Waals surface area contributed by atoms with Crippen LogP contribution in [0.15, 0.2) is 30.6 Å². The molecular formula is C16H19N5O3. The Hall–Kier alpha value is -2.77. The molecule has 3 rings (SSSR count). The van der Waals surface area contributed by atoms with E-state index in [1.54, 1.807) is 16.8 Å². The van der Waals surface area contributed by atoms with Crippen LogP contribution in [0, 0.1) is 0 Å². The number of aryl methyl sites for hydroxylation is 1. The summed E-state index contributed by atoms with van der Waals surface area (Å²) in [5, 5.41) is 20.2. The molecule has 0 unspecified atom stereocenters. The topological polar surface area (TPSA) is 101 Å². The number of carbonyl (C=O) groups is 2. The second-order valence-corrected chi connectivity index (χ2v) is 5.89. The zero-order valence-corrected chi connectivity index (χ0v) is 13.2. The van der Waals surface area contributed by atoms with Gasteiger partial charge in [-0.15, -0.1) is 5.10 Å². The third-order valence-electron chi connectivity index (χ3n) is 4.34.